The number of hydrogen-bond acceptors (Lipinski definition) is 3. The van der Waals surface area contributed by atoms with Gasteiger partial charge in [0.15, 0.2) is 5.79 Å². The van der Waals surface area contributed by atoms with E-state index in [1.807, 2.05) is 67.6 Å². The molecule has 0 bridgehead atoms. The summed E-state index contributed by atoms with van der Waals surface area (Å²) in [5.74, 6) is -0.535. The molecule has 24 heavy (non-hydrogen) atoms. The molecule has 1 aliphatic rings. The van der Waals surface area contributed by atoms with Gasteiger partial charge < -0.3 is 14.0 Å². The molecule has 0 amide bonds. The molecular formula is C20H25O3P. The number of benzene rings is 2. The van der Waals surface area contributed by atoms with E-state index < -0.39 is 12.9 Å². The average molecular weight is 344 g/mol. The van der Waals surface area contributed by atoms with Crippen LogP contribution in [-0.4, -0.2) is 24.7 Å². The summed E-state index contributed by atoms with van der Waals surface area (Å²) in [6.45, 7) is 5.33. The normalized spacial score (nSPS) is 18.4. The van der Waals surface area contributed by atoms with Crippen LogP contribution in [-0.2, 0) is 14.0 Å². The largest absolute Gasteiger partial charge is 0.348 e. The standard InChI is InChI=1S/C20H25O3P/c1-17(13-14-20(2)22-15-16-23-20)24(21,18-9-5-3-6-10-18)19-11-7-4-8-12-19/h3-12,17H,13-16H2,1-2H3. The summed E-state index contributed by atoms with van der Waals surface area (Å²) in [4.78, 5) is 0. The first-order chi connectivity index (χ1) is 11.5. The van der Waals surface area contributed by atoms with Gasteiger partial charge in [0, 0.05) is 22.7 Å². The Morgan fingerprint density at radius 3 is 1.88 bits per heavy atom. The van der Waals surface area contributed by atoms with Crippen LogP contribution >= 0.6 is 7.14 Å². The molecule has 0 spiro atoms. The van der Waals surface area contributed by atoms with E-state index in [1.54, 1.807) is 0 Å². The smallest absolute Gasteiger partial charge is 0.165 e. The fraction of sp³-hybridized carbons (Fsp3) is 0.400. The maximum Gasteiger partial charge on any atom is 0.165 e. The molecule has 4 heteroatoms. The van der Waals surface area contributed by atoms with Crippen LogP contribution in [0.2, 0.25) is 0 Å². The molecule has 0 saturated carbocycles. The van der Waals surface area contributed by atoms with E-state index in [0.717, 1.165) is 23.5 Å². The maximum absolute atomic E-state index is 14.1. The average Bonchev–Trinajstić information content (AvgIpc) is 3.07. The van der Waals surface area contributed by atoms with Gasteiger partial charge in [0.25, 0.3) is 0 Å². The Kier molecular flexibility index (Phi) is 5.24. The van der Waals surface area contributed by atoms with Gasteiger partial charge in [-0.25, -0.2) is 0 Å². The highest BCUT2D eigenvalue weighted by Crippen LogP contribution is 2.50. The zero-order chi connectivity index (χ0) is 17.0. The molecule has 0 aromatic heterocycles. The lowest BCUT2D eigenvalue weighted by molar-refractivity contribution is -0.147. The predicted molar refractivity (Wildman–Crippen MR) is 98.8 cm³/mol. The first-order valence-corrected chi connectivity index (χ1v) is 10.3. The Balaban J connectivity index is 1.89. The molecule has 1 unspecified atom stereocenters. The molecule has 2 aromatic carbocycles. The zero-order valence-corrected chi connectivity index (χ0v) is 15.2. The van der Waals surface area contributed by atoms with Gasteiger partial charge in [-0.3, -0.25) is 0 Å². The summed E-state index contributed by atoms with van der Waals surface area (Å²) in [7, 11) is -2.71. The summed E-state index contributed by atoms with van der Waals surface area (Å²) in [6.07, 6.45) is 1.54. The predicted octanol–water partition coefficient (Wildman–Crippen LogP) is 3.93. The number of ether oxygens (including phenoxy) is 2. The molecule has 128 valence electrons. The zero-order valence-electron chi connectivity index (χ0n) is 14.4. The van der Waals surface area contributed by atoms with Crippen molar-refractivity contribution in [2.24, 2.45) is 0 Å². The monoisotopic (exact) mass is 344 g/mol. The van der Waals surface area contributed by atoms with Crippen molar-refractivity contribution in [3.05, 3.63) is 60.7 Å². The Labute approximate surface area is 144 Å². The van der Waals surface area contributed by atoms with Crippen LogP contribution in [0.15, 0.2) is 60.7 Å². The molecule has 1 atom stereocenters. The van der Waals surface area contributed by atoms with Crippen molar-refractivity contribution in [3.8, 4) is 0 Å². The van der Waals surface area contributed by atoms with Crippen molar-refractivity contribution in [1.29, 1.82) is 0 Å². The van der Waals surface area contributed by atoms with Gasteiger partial charge in [-0.15, -0.1) is 0 Å². The molecule has 1 heterocycles. The topological polar surface area (TPSA) is 35.5 Å². The van der Waals surface area contributed by atoms with Crippen molar-refractivity contribution in [2.75, 3.05) is 13.2 Å². The molecule has 3 nitrogen and oxygen atoms in total. The minimum Gasteiger partial charge on any atom is -0.348 e. The third-order valence-corrected chi connectivity index (χ3v) is 8.44. The van der Waals surface area contributed by atoms with Crippen LogP contribution in [0.3, 0.4) is 0 Å². The molecule has 0 aliphatic carbocycles. The summed E-state index contributed by atoms with van der Waals surface area (Å²) in [6, 6.07) is 19.7. The molecular weight excluding hydrogens is 319 g/mol. The molecule has 2 aromatic rings. The van der Waals surface area contributed by atoms with Crippen molar-refractivity contribution in [1.82, 2.24) is 0 Å². The minimum absolute atomic E-state index is 0.0203. The van der Waals surface area contributed by atoms with Gasteiger partial charge in [0.05, 0.1) is 13.2 Å². The van der Waals surface area contributed by atoms with Crippen LogP contribution in [0.4, 0.5) is 0 Å². The van der Waals surface area contributed by atoms with E-state index in [1.165, 1.54) is 0 Å². The van der Waals surface area contributed by atoms with Gasteiger partial charge in [-0.2, -0.15) is 0 Å². The Morgan fingerprint density at radius 1 is 0.958 bits per heavy atom. The van der Waals surface area contributed by atoms with E-state index in [2.05, 4.69) is 6.92 Å². The second-order valence-electron chi connectivity index (χ2n) is 6.55. The maximum atomic E-state index is 14.1. The summed E-state index contributed by atoms with van der Waals surface area (Å²) in [5, 5.41) is 1.84. The first kappa shape index (κ1) is 17.4. The third kappa shape index (κ3) is 3.49. The van der Waals surface area contributed by atoms with Crippen molar-refractivity contribution >= 4 is 17.8 Å². The van der Waals surface area contributed by atoms with E-state index in [9.17, 15) is 4.57 Å². The summed E-state index contributed by atoms with van der Waals surface area (Å²) in [5.41, 5.74) is 0.0203. The molecule has 1 fully saturated rings. The fourth-order valence-electron chi connectivity index (χ4n) is 3.31. The summed E-state index contributed by atoms with van der Waals surface area (Å²) < 4.78 is 25.5. The van der Waals surface area contributed by atoms with Crippen LogP contribution in [0.5, 0.6) is 0 Å². The van der Waals surface area contributed by atoms with E-state index in [4.69, 9.17) is 9.47 Å². The van der Waals surface area contributed by atoms with Crippen LogP contribution in [0, 0.1) is 0 Å². The van der Waals surface area contributed by atoms with E-state index in [0.29, 0.717) is 13.2 Å². The second-order valence-corrected chi connectivity index (χ2v) is 9.78. The highest BCUT2D eigenvalue weighted by Gasteiger charge is 2.37. The lowest BCUT2D eigenvalue weighted by Crippen LogP contribution is -2.29. The lowest BCUT2D eigenvalue weighted by atomic mass is 10.1. The number of rotatable bonds is 6. The SMILES string of the molecule is CC(CCC1(C)OCCO1)P(=O)(c1ccccc1)c1ccccc1. The van der Waals surface area contributed by atoms with E-state index in [-0.39, 0.29) is 5.66 Å². The van der Waals surface area contributed by atoms with E-state index >= 15 is 0 Å². The van der Waals surface area contributed by atoms with Crippen molar-refractivity contribution < 1.29 is 14.0 Å². The fourth-order valence-corrected chi connectivity index (χ4v) is 6.35. The Bertz CT molecular complexity index is 650. The van der Waals surface area contributed by atoms with Gasteiger partial charge in [-0.05, 0) is 13.3 Å². The summed E-state index contributed by atoms with van der Waals surface area (Å²) >= 11 is 0. The lowest BCUT2D eigenvalue weighted by Gasteiger charge is -2.29. The molecule has 0 N–H and O–H groups in total. The van der Waals surface area contributed by atoms with Crippen LogP contribution in [0.25, 0.3) is 0 Å². The van der Waals surface area contributed by atoms with Gasteiger partial charge in [0.2, 0.25) is 0 Å². The quantitative estimate of drug-likeness (QED) is 0.745. The van der Waals surface area contributed by atoms with Gasteiger partial charge in [0.1, 0.15) is 7.14 Å². The molecule has 3 rings (SSSR count). The van der Waals surface area contributed by atoms with Gasteiger partial charge >= 0.3 is 0 Å². The Hall–Kier alpha value is -1.41. The number of hydrogen-bond donors (Lipinski definition) is 0. The van der Waals surface area contributed by atoms with Crippen LogP contribution < -0.4 is 10.6 Å². The first-order valence-electron chi connectivity index (χ1n) is 8.53. The molecule has 1 saturated heterocycles. The minimum atomic E-state index is -2.71. The van der Waals surface area contributed by atoms with Crippen molar-refractivity contribution in [3.63, 3.8) is 0 Å². The highest BCUT2D eigenvalue weighted by molar-refractivity contribution is 7.79. The second kappa shape index (κ2) is 7.23. The van der Waals surface area contributed by atoms with Crippen molar-refractivity contribution in [2.45, 2.75) is 38.1 Å². The highest BCUT2D eigenvalue weighted by atomic mass is 31.2. The van der Waals surface area contributed by atoms with Gasteiger partial charge in [-0.1, -0.05) is 67.6 Å². The molecule has 0 radical (unpaired) electrons. The Morgan fingerprint density at radius 2 is 1.42 bits per heavy atom. The van der Waals surface area contributed by atoms with Crippen LogP contribution in [0.1, 0.15) is 26.7 Å². The third-order valence-electron chi connectivity index (χ3n) is 4.81. The molecule has 1 aliphatic heterocycles.